The van der Waals surface area contributed by atoms with E-state index in [0.717, 1.165) is 11.5 Å². The van der Waals surface area contributed by atoms with Crippen molar-refractivity contribution in [1.29, 1.82) is 0 Å². The number of aryl methyl sites for hydroxylation is 1. The zero-order chi connectivity index (χ0) is 12.4. The van der Waals surface area contributed by atoms with Crippen molar-refractivity contribution in [2.45, 2.75) is 32.2 Å². The zero-order valence-corrected chi connectivity index (χ0v) is 10.2. The van der Waals surface area contributed by atoms with Crippen molar-refractivity contribution in [3.05, 3.63) is 10.6 Å². The third-order valence-corrected chi connectivity index (χ3v) is 3.80. The van der Waals surface area contributed by atoms with E-state index >= 15 is 0 Å². The molecule has 0 saturated heterocycles. The topological polar surface area (TPSA) is 92.2 Å². The number of aromatic nitrogens is 2. The van der Waals surface area contributed by atoms with Crippen molar-refractivity contribution in [3.8, 4) is 0 Å². The highest BCUT2D eigenvalue weighted by Crippen LogP contribution is 2.26. The second-order valence-electron chi connectivity index (χ2n) is 4.21. The van der Waals surface area contributed by atoms with Crippen LogP contribution in [0.3, 0.4) is 0 Å². The lowest BCUT2D eigenvalue weighted by Gasteiger charge is -2.11. The van der Waals surface area contributed by atoms with Crippen molar-refractivity contribution in [2.75, 3.05) is 0 Å². The second-order valence-corrected chi connectivity index (χ2v) is 4.96. The van der Waals surface area contributed by atoms with Crippen molar-refractivity contribution in [2.24, 2.45) is 5.92 Å². The smallest absolute Gasteiger partial charge is 0.306 e. The monoisotopic (exact) mass is 255 g/mol. The second kappa shape index (κ2) is 4.79. The maximum absolute atomic E-state index is 11.8. The molecule has 1 aromatic heterocycles. The van der Waals surface area contributed by atoms with E-state index in [9.17, 15) is 9.59 Å². The molecule has 0 aliphatic heterocycles. The summed E-state index contributed by atoms with van der Waals surface area (Å²) in [6, 6.07) is -0.0508. The van der Waals surface area contributed by atoms with Gasteiger partial charge in [0.15, 0.2) is 0 Å². The first-order valence-electron chi connectivity index (χ1n) is 5.40. The maximum atomic E-state index is 11.8. The van der Waals surface area contributed by atoms with Gasteiger partial charge < -0.3 is 10.4 Å². The first kappa shape index (κ1) is 12.0. The molecule has 1 fully saturated rings. The first-order valence-corrected chi connectivity index (χ1v) is 6.18. The van der Waals surface area contributed by atoms with Crippen LogP contribution in [0.1, 0.15) is 34.6 Å². The van der Waals surface area contributed by atoms with E-state index in [4.69, 9.17) is 5.11 Å². The quantitative estimate of drug-likeness (QED) is 0.834. The molecule has 1 saturated carbocycles. The summed E-state index contributed by atoms with van der Waals surface area (Å²) in [6.07, 6.45) is 1.85. The number of aliphatic carboxylic acids is 1. The standard InChI is InChI=1S/C10H13N3O3S/c1-5-8(17-13-12-5)9(14)11-7-3-2-6(4-7)10(15)16/h6-7H,2-4H2,1H3,(H,11,14)(H,15,16)/t6-,7+/m1/s1. The lowest BCUT2D eigenvalue weighted by Crippen LogP contribution is -2.33. The van der Waals surface area contributed by atoms with E-state index in [-0.39, 0.29) is 17.9 Å². The summed E-state index contributed by atoms with van der Waals surface area (Å²) in [6.45, 7) is 1.73. The van der Waals surface area contributed by atoms with Crippen molar-refractivity contribution in [3.63, 3.8) is 0 Å². The Morgan fingerprint density at radius 2 is 2.24 bits per heavy atom. The highest BCUT2D eigenvalue weighted by molar-refractivity contribution is 7.08. The van der Waals surface area contributed by atoms with Crippen molar-refractivity contribution in [1.82, 2.24) is 14.9 Å². The maximum Gasteiger partial charge on any atom is 0.306 e. The van der Waals surface area contributed by atoms with Crippen LogP contribution in [0.2, 0.25) is 0 Å². The van der Waals surface area contributed by atoms with Gasteiger partial charge in [0.1, 0.15) is 4.88 Å². The predicted molar refractivity (Wildman–Crippen MR) is 60.9 cm³/mol. The Balaban J connectivity index is 1.93. The molecule has 7 heteroatoms. The molecule has 0 bridgehead atoms. The molecule has 17 heavy (non-hydrogen) atoms. The molecular formula is C10H13N3O3S. The van der Waals surface area contributed by atoms with Crippen LogP contribution < -0.4 is 5.32 Å². The fourth-order valence-corrected chi connectivity index (χ4v) is 2.59. The van der Waals surface area contributed by atoms with Crippen molar-refractivity contribution >= 4 is 23.4 Å². The normalized spacial score (nSPS) is 23.6. The molecule has 2 rings (SSSR count). The van der Waals surface area contributed by atoms with Gasteiger partial charge in [0.05, 0.1) is 11.6 Å². The molecule has 92 valence electrons. The van der Waals surface area contributed by atoms with Gasteiger partial charge in [-0.15, -0.1) is 5.10 Å². The van der Waals surface area contributed by atoms with Crippen LogP contribution in [-0.4, -0.2) is 32.6 Å². The van der Waals surface area contributed by atoms with Crippen molar-refractivity contribution < 1.29 is 14.7 Å². The number of amides is 1. The number of rotatable bonds is 3. The number of carbonyl (C=O) groups is 2. The summed E-state index contributed by atoms with van der Waals surface area (Å²) in [5, 5.41) is 15.5. The van der Waals surface area contributed by atoms with E-state index in [1.807, 2.05) is 0 Å². The van der Waals surface area contributed by atoms with Crippen LogP contribution in [0.25, 0.3) is 0 Å². The predicted octanol–water partition coefficient (Wildman–Crippen LogP) is 0.830. The molecule has 0 spiro atoms. The van der Waals surface area contributed by atoms with Crippen LogP contribution >= 0.6 is 11.5 Å². The van der Waals surface area contributed by atoms with Crippen LogP contribution in [0, 0.1) is 12.8 Å². The first-order chi connectivity index (χ1) is 8.08. The van der Waals surface area contributed by atoms with Gasteiger partial charge >= 0.3 is 5.97 Å². The van der Waals surface area contributed by atoms with Crippen LogP contribution in [0.15, 0.2) is 0 Å². The molecule has 1 amide bonds. The molecular weight excluding hydrogens is 242 g/mol. The van der Waals surface area contributed by atoms with E-state index in [1.165, 1.54) is 0 Å². The van der Waals surface area contributed by atoms with E-state index in [0.29, 0.717) is 29.8 Å². The van der Waals surface area contributed by atoms with Gasteiger partial charge in [-0.25, -0.2) is 0 Å². The lowest BCUT2D eigenvalue weighted by molar-refractivity contribution is -0.141. The van der Waals surface area contributed by atoms with Gasteiger partial charge in [-0.2, -0.15) is 0 Å². The van der Waals surface area contributed by atoms with Crippen LogP contribution in [-0.2, 0) is 4.79 Å². The summed E-state index contributed by atoms with van der Waals surface area (Å²) < 4.78 is 3.70. The minimum absolute atomic E-state index is 0.0508. The number of hydrogen-bond acceptors (Lipinski definition) is 5. The van der Waals surface area contributed by atoms with Gasteiger partial charge in [0.25, 0.3) is 5.91 Å². The summed E-state index contributed by atoms with van der Waals surface area (Å²) in [5.41, 5.74) is 0.611. The Hall–Kier alpha value is -1.50. The number of carboxylic acid groups (broad SMARTS) is 1. The average Bonchev–Trinajstić information content (AvgIpc) is 2.86. The minimum Gasteiger partial charge on any atom is -0.481 e. The molecule has 6 nitrogen and oxygen atoms in total. The average molecular weight is 255 g/mol. The Labute approximate surface area is 102 Å². The fraction of sp³-hybridized carbons (Fsp3) is 0.600. The Morgan fingerprint density at radius 1 is 1.47 bits per heavy atom. The molecule has 2 N–H and O–H groups in total. The van der Waals surface area contributed by atoms with Crippen LogP contribution in [0.4, 0.5) is 0 Å². The Morgan fingerprint density at radius 3 is 2.76 bits per heavy atom. The van der Waals surface area contributed by atoms with E-state index < -0.39 is 5.97 Å². The van der Waals surface area contributed by atoms with Gasteiger partial charge in [-0.1, -0.05) is 4.49 Å². The number of carboxylic acids is 1. The van der Waals surface area contributed by atoms with Gasteiger partial charge in [-0.05, 0) is 37.7 Å². The lowest BCUT2D eigenvalue weighted by atomic mass is 10.1. The van der Waals surface area contributed by atoms with Gasteiger partial charge in [0.2, 0.25) is 0 Å². The number of nitrogens with one attached hydrogen (secondary N) is 1. The fourth-order valence-electron chi connectivity index (χ4n) is 2.03. The molecule has 1 aliphatic rings. The minimum atomic E-state index is -0.780. The highest BCUT2D eigenvalue weighted by atomic mass is 32.1. The summed E-state index contributed by atoms with van der Waals surface area (Å²) in [7, 11) is 0. The molecule has 0 radical (unpaired) electrons. The molecule has 0 aromatic carbocycles. The zero-order valence-electron chi connectivity index (χ0n) is 9.34. The van der Waals surface area contributed by atoms with Gasteiger partial charge in [-0.3, -0.25) is 9.59 Å². The largest absolute Gasteiger partial charge is 0.481 e. The van der Waals surface area contributed by atoms with E-state index in [1.54, 1.807) is 6.92 Å². The van der Waals surface area contributed by atoms with Crippen LogP contribution in [0.5, 0.6) is 0 Å². The molecule has 1 aromatic rings. The summed E-state index contributed by atoms with van der Waals surface area (Å²) in [5.74, 6) is -1.31. The highest BCUT2D eigenvalue weighted by Gasteiger charge is 2.31. The Kier molecular flexibility index (Phi) is 3.37. The summed E-state index contributed by atoms with van der Waals surface area (Å²) in [4.78, 5) is 23.1. The van der Waals surface area contributed by atoms with Gasteiger partial charge in [0, 0.05) is 6.04 Å². The number of nitrogens with zero attached hydrogens (tertiary/aromatic N) is 2. The molecule has 0 unspecified atom stereocenters. The summed E-state index contributed by atoms with van der Waals surface area (Å²) >= 11 is 1.06. The Bertz CT molecular complexity index is 446. The SMILES string of the molecule is Cc1nnsc1C(=O)N[C@H]1CC[C@@H](C(=O)O)C1. The third kappa shape index (κ3) is 2.60. The molecule has 2 atom stereocenters. The van der Waals surface area contributed by atoms with E-state index in [2.05, 4.69) is 14.9 Å². The molecule has 1 heterocycles. The number of carbonyl (C=O) groups excluding carboxylic acids is 1. The third-order valence-electron chi connectivity index (χ3n) is 2.97. The molecule has 1 aliphatic carbocycles. The number of hydrogen-bond donors (Lipinski definition) is 2.